The summed E-state index contributed by atoms with van der Waals surface area (Å²) in [6.45, 7) is 5.20. The van der Waals surface area contributed by atoms with Crippen LogP contribution in [0.15, 0.2) is 4.42 Å². The molecule has 2 rings (SSSR count). The molecule has 0 radical (unpaired) electrons. The SMILES string of the molecule is CN1CCN(c2nnc(CN)o2)C(C)(C)C1=O. The summed E-state index contributed by atoms with van der Waals surface area (Å²) in [5.74, 6) is 0.415. The van der Waals surface area contributed by atoms with Crippen molar-refractivity contribution in [3.05, 3.63) is 5.89 Å². The summed E-state index contributed by atoms with van der Waals surface area (Å²) in [6.07, 6.45) is 0. The zero-order valence-corrected chi connectivity index (χ0v) is 10.3. The molecular weight excluding hydrogens is 222 g/mol. The largest absolute Gasteiger partial charge is 0.407 e. The Morgan fingerprint density at radius 2 is 2.12 bits per heavy atom. The van der Waals surface area contributed by atoms with Crippen molar-refractivity contribution in [1.82, 2.24) is 15.1 Å². The second-order valence-electron chi connectivity index (χ2n) is 4.62. The lowest BCUT2D eigenvalue weighted by Gasteiger charge is -2.43. The van der Waals surface area contributed by atoms with Crippen LogP contribution in [0.1, 0.15) is 19.7 Å². The lowest BCUT2D eigenvalue weighted by atomic mass is 9.98. The predicted octanol–water partition coefficient (Wildman–Crippen LogP) is -0.415. The van der Waals surface area contributed by atoms with Gasteiger partial charge in [0.05, 0.1) is 6.54 Å². The van der Waals surface area contributed by atoms with Gasteiger partial charge in [0.15, 0.2) is 0 Å². The molecule has 0 spiro atoms. The first kappa shape index (κ1) is 11.8. The Kier molecular flexibility index (Phi) is 2.78. The van der Waals surface area contributed by atoms with Crippen LogP contribution in [-0.4, -0.2) is 46.7 Å². The number of rotatable bonds is 2. The summed E-state index contributed by atoms with van der Waals surface area (Å²) in [7, 11) is 1.79. The van der Waals surface area contributed by atoms with Crippen molar-refractivity contribution in [2.75, 3.05) is 25.0 Å². The topological polar surface area (TPSA) is 88.5 Å². The van der Waals surface area contributed by atoms with E-state index in [2.05, 4.69) is 10.2 Å². The molecule has 1 amide bonds. The van der Waals surface area contributed by atoms with Gasteiger partial charge in [-0.15, -0.1) is 5.10 Å². The van der Waals surface area contributed by atoms with E-state index in [4.69, 9.17) is 10.2 Å². The van der Waals surface area contributed by atoms with E-state index in [9.17, 15) is 4.79 Å². The van der Waals surface area contributed by atoms with Crippen LogP contribution in [0.25, 0.3) is 0 Å². The number of aromatic nitrogens is 2. The summed E-state index contributed by atoms with van der Waals surface area (Å²) in [5, 5.41) is 7.74. The molecule has 0 aliphatic carbocycles. The number of likely N-dealkylation sites (N-methyl/N-ethyl adjacent to an activating group) is 1. The highest BCUT2D eigenvalue weighted by Crippen LogP contribution is 2.27. The van der Waals surface area contributed by atoms with Crippen LogP contribution in [0.3, 0.4) is 0 Å². The molecule has 17 heavy (non-hydrogen) atoms. The fourth-order valence-corrected chi connectivity index (χ4v) is 1.98. The molecule has 0 unspecified atom stereocenters. The van der Waals surface area contributed by atoms with Crippen molar-refractivity contribution in [3.8, 4) is 0 Å². The maximum Gasteiger partial charge on any atom is 0.319 e. The van der Waals surface area contributed by atoms with Crippen LogP contribution < -0.4 is 10.6 Å². The minimum Gasteiger partial charge on any atom is -0.407 e. The maximum absolute atomic E-state index is 12.1. The van der Waals surface area contributed by atoms with E-state index in [1.54, 1.807) is 11.9 Å². The molecular formula is C10H17N5O2. The van der Waals surface area contributed by atoms with E-state index in [0.29, 0.717) is 25.0 Å². The number of nitrogens with two attached hydrogens (primary N) is 1. The van der Waals surface area contributed by atoms with Crippen molar-refractivity contribution in [3.63, 3.8) is 0 Å². The molecule has 1 aromatic heterocycles. The number of hydrogen-bond acceptors (Lipinski definition) is 6. The van der Waals surface area contributed by atoms with Gasteiger partial charge < -0.3 is 20.0 Å². The van der Waals surface area contributed by atoms with Gasteiger partial charge in [0.1, 0.15) is 5.54 Å². The van der Waals surface area contributed by atoms with E-state index >= 15 is 0 Å². The standard InChI is InChI=1S/C10H17N5O2/c1-10(2)8(16)14(3)4-5-15(10)9-13-12-7(6-11)17-9/h4-6,11H2,1-3H3. The highest BCUT2D eigenvalue weighted by Gasteiger charge is 2.42. The fourth-order valence-electron chi connectivity index (χ4n) is 1.98. The number of amides is 1. The maximum atomic E-state index is 12.1. The van der Waals surface area contributed by atoms with E-state index in [1.165, 1.54) is 0 Å². The van der Waals surface area contributed by atoms with Crippen molar-refractivity contribution < 1.29 is 9.21 Å². The molecule has 1 fully saturated rings. The van der Waals surface area contributed by atoms with Crippen molar-refractivity contribution >= 4 is 11.9 Å². The van der Waals surface area contributed by atoms with Crippen LogP contribution >= 0.6 is 0 Å². The van der Waals surface area contributed by atoms with E-state index in [1.807, 2.05) is 18.7 Å². The zero-order valence-electron chi connectivity index (χ0n) is 10.3. The van der Waals surface area contributed by atoms with Gasteiger partial charge in [0.25, 0.3) is 0 Å². The van der Waals surface area contributed by atoms with Gasteiger partial charge in [-0.1, -0.05) is 5.10 Å². The number of carbonyl (C=O) groups is 1. The van der Waals surface area contributed by atoms with Gasteiger partial charge in [0.2, 0.25) is 11.8 Å². The average molecular weight is 239 g/mol. The minimum absolute atomic E-state index is 0.0382. The molecule has 94 valence electrons. The number of nitrogens with zero attached hydrogens (tertiary/aromatic N) is 4. The van der Waals surface area contributed by atoms with E-state index in [0.717, 1.165) is 0 Å². The van der Waals surface area contributed by atoms with Crippen LogP contribution in [0.4, 0.5) is 6.01 Å². The third-order valence-electron chi connectivity index (χ3n) is 3.07. The summed E-state index contributed by atoms with van der Waals surface area (Å²) in [6, 6.07) is 0.358. The Balaban J connectivity index is 2.29. The molecule has 2 N–H and O–H groups in total. The summed E-state index contributed by atoms with van der Waals surface area (Å²) < 4.78 is 5.40. The predicted molar refractivity (Wildman–Crippen MR) is 61.3 cm³/mol. The number of piperazine rings is 1. The molecule has 1 aliphatic rings. The normalized spacial score (nSPS) is 19.9. The Morgan fingerprint density at radius 3 is 2.71 bits per heavy atom. The molecule has 0 saturated carbocycles. The second-order valence-corrected chi connectivity index (χ2v) is 4.62. The van der Waals surface area contributed by atoms with Gasteiger partial charge in [-0.25, -0.2) is 0 Å². The average Bonchev–Trinajstić information content (AvgIpc) is 2.74. The molecule has 7 nitrogen and oxygen atoms in total. The number of hydrogen-bond donors (Lipinski definition) is 1. The molecule has 0 bridgehead atoms. The summed E-state index contributed by atoms with van der Waals surface area (Å²) in [5.41, 5.74) is 4.74. The highest BCUT2D eigenvalue weighted by molar-refractivity contribution is 5.89. The Hall–Kier alpha value is -1.63. The first-order chi connectivity index (χ1) is 7.96. The minimum atomic E-state index is -0.675. The zero-order chi connectivity index (χ0) is 12.6. The van der Waals surface area contributed by atoms with Gasteiger partial charge in [-0.2, -0.15) is 0 Å². The number of carbonyl (C=O) groups excluding carboxylic acids is 1. The smallest absolute Gasteiger partial charge is 0.319 e. The van der Waals surface area contributed by atoms with Gasteiger partial charge in [-0.05, 0) is 13.8 Å². The van der Waals surface area contributed by atoms with Crippen LogP contribution in [-0.2, 0) is 11.3 Å². The quantitative estimate of drug-likeness (QED) is 0.754. The first-order valence-electron chi connectivity index (χ1n) is 5.52. The fraction of sp³-hybridized carbons (Fsp3) is 0.700. The van der Waals surface area contributed by atoms with Crippen LogP contribution in [0.5, 0.6) is 0 Å². The Labute approximate surface area is 99.6 Å². The van der Waals surface area contributed by atoms with Gasteiger partial charge >= 0.3 is 6.01 Å². The second kappa shape index (κ2) is 3.99. The van der Waals surface area contributed by atoms with E-state index in [-0.39, 0.29) is 12.5 Å². The Bertz CT molecular complexity index is 428. The van der Waals surface area contributed by atoms with Crippen molar-refractivity contribution in [2.24, 2.45) is 5.73 Å². The van der Waals surface area contributed by atoms with Crippen molar-refractivity contribution in [2.45, 2.75) is 25.9 Å². The molecule has 1 aromatic rings. The lowest BCUT2D eigenvalue weighted by Crippen LogP contribution is -2.62. The highest BCUT2D eigenvalue weighted by atomic mass is 16.4. The third-order valence-corrected chi connectivity index (χ3v) is 3.07. The first-order valence-corrected chi connectivity index (χ1v) is 5.52. The van der Waals surface area contributed by atoms with Gasteiger partial charge in [0, 0.05) is 20.1 Å². The molecule has 1 saturated heterocycles. The molecule has 1 aliphatic heterocycles. The van der Waals surface area contributed by atoms with Gasteiger partial charge in [-0.3, -0.25) is 4.79 Å². The van der Waals surface area contributed by atoms with Crippen molar-refractivity contribution in [1.29, 1.82) is 0 Å². The molecule has 2 heterocycles. The molecule has 0 aromatic carbocycles. The lowest BCUT2D eigenvalue weighted by molar-refractivity contribution is -0.136. The number of anilines is 1. The molecule has 7 heteroatoms. The monoisotopic (exact) mass is 239 g/mol. The Morgan fingerprint density at radius 1 is 1.41 bits per heavy atom. The van der Waals surface area contributed by atoms with Crippen LogP contribution in [0.2, 0.25) is 0 Å². The summed E-state index contributed by atoms with van der Waals surface area (Å²) in [4.78, 5) is 15.6. The third kappa shape index (κ3) is 1.86. The molecule has 0 atom stereocenters. The van der Waals surface area contributed by atoms with E-state index < -0.39 is 5.54 Å². The summed E-state index contributed by atoms with van der Waals surface area (Å²) >= 11 is 0. The van der Waals surface area contributed by atoms with Crippen LogP contribution in [0, 0.1) is 0 Å².